The zero-order valence-corrected chi connectivity index (χ0v) is 13.2. The van der Waals surface area contributed by atoms with Crippen LogP contribution in [0.4, 0.5) is 9.39 Å². The van der Waals surface area contributed by atoms with E-state index < -0.39 is 23.4 Å². The molecule has 0 aliphatic rings. The van der Waals surface area contributed by atoms with Crippen molar-refractivity contribution >= 4 is 28.2 Å². The molecule has 7 nitrogen and oxygen atoms in total. The van der Waals surface area contributed by atoms with E-state index in [4.69, 9.17) is 4.74 Å². The van der Waals surface area contributed by atoms with Gasteiger partial charge in [-0.15, -0.1) is 0 Å². The normalized spacial score (nSPS) is 10.2. The molecule has 24 heavy (non-hydrogen) atoms. The smallest absolute Gasteiger partial charge is 0.349 e. The fourth-order valence-corrected chi connectivity index (χ4v) is 2.54. The van der Waals surface area contributed by atoms with E-state index in [2.05, 4.69) is 5.32 Å². The van der Waals surface area contributed by atoms with Crippen LogP contribution in [0.25, 0.3) is 0 Å². The molecule has 0 aliphatic heterocycles. The van der Waals surface area contributed by atoms with Crippen LogP contribution in [0.2, 0.25) is 0 Å². The number of nitro groups is 1. The summed E-state index contributed by atoms with van der Waals surface area (Å²) in [5, 5.41) is 12.9. The van der Waals surface area contributed by atoms with Crippen LogP contribution >= 0.6 is 11.3 Å². The van der Waals surface area contributed by atoms with E-state index in [1.165, 1.54) is 18.2 Å². The lowest BCUT2D eigenvalue weighted by atomic mass is 10.1. The first-order valence-corrected chi connectivity index (χ1v) is 7.70. The maximum absolute atomic E-state index is 13.4. The third-order valence-electron chi connectivity index (χ3n) is 2.98. The van der Waals surface area contributed by atoms with Crippen molar-refractivity contribution in [3.05, 3.63) is 62.8 Å². The minimum Gasteiger partial charge on any atom is -0.451 e. The number of nitrogens with zero attached hydrogens (tertiary/aromatic N) is 1. The Kier molecular flexibility index (Phi) is 5.96. The number of nitrogens with one attached hydrogen (secondary N) is 1. The fraction of sp³-hybridized carbons (Fsp3) is 0.200. The monoisotopic (exact) mass is 352 g/mol. The topological polar surface area (TPSA) is 98.5 Å². The lowest BCUT2D eigenvalue weighted by Crippen LogP contribution is -2.30. The molecule has 0 fully saturated rings. The molecule has 0 atom stereocenters. The van der Waals surface area contributed by atoms with Crippen LogP contribution in [0.5, 0.6) is 0 Å². The predicted octanol–water partition coefficient (Wildman–Crippen LogP) is 2.31. The van der Waals surface area contributed by atoms with Crippen molar-refractivity contribution in [3.8, 4) is 0 Å². The summed E-state index contributed by atoms with van der Waals surface area (Å²) in [7, 11) is 0. The average molecular weight is 352 g/mol. The molecular weight excluding hydrogens is 339 g/mol. The Morgan fingerprint density at radius 2 is 2.00 bits per heavy atom. The molecule has 1 aromatic carbocycles. The number of esters is 1. The number of hydrogen-bond donors (Lipinski definition) is 1. The summed E-state index contributed by atoms with van der Waals surface area (Å²) < 4.78 is 18.2. The highest BCUT2D eigenvalue weighted by Gasteiger charge is 2.17. The third-order valence-corrected chi connectivity index (χ3v) is 4.00. The van der Waals surface area contributed by atoms with Crippen LogP contribution in [0.1, 0.15) is 15.2 Å². The SMILES string of the molecule is O=C(COC(=O)c1ccc([N+](=O)[O-])s1)NCCc1ccccc1F. The van der Waals surface area contributed by atoms with Crippen LogP contribution in [-0.2, 0) is 16.0 Å². The number of carbonyl (C=O) groups is 2. The molecule has 0 radical (unpaired) electrons. The van der Waals surface area contributed by atoms with Crippen molar-refractivity contribution in [1.29, 1.82) is 0 Å². The minimum atomic E-state index is -0.808. The molecule has 0 saturated carbocycles. The van der Waals surface area contributed by atoms with Gasteiger partial charge < -0.3 is 10.1 Å². The molecular formula is C15H13FN2O5S. The molecule has 0 saturated heterocycles. The van der Waals surface area contributed by atoms with Crippen LogP contribution in [0.15, 0.2) is 36.4 Å². The molecule has 0 aliphatic carbocycles. The molecule has 1 N–H and O–H groups in total. The van der Waals surface area contributed by atoms with Crippen LogP contribution < -0.4 is 5.32 Å². The van der Waals surface area contributed by atoms with Gasteiger partial charge >= 0.3 is 11.0 Å². The zero-order chi connectivity index (χ0) is 17.5. The van der Waals surface area contributed by atoms with Crippen molar-refractivity contribution in [2.24, 2.45) is 0 Å². The van der Waals surface area contributed by atoms with Crippen LogP contribution in [0.3, 0.4) is 0 Å². The second-order valence-corrected chi connectivity index (χ2v) is 5.72. The summed E-state index contributed by atoms with van der Waals surface area (Å²) in [5.41, 5.74) is 0.473. The number of halogens is 1. The van der Waals surface area contributed by atoms with E-state index in [0.29, 0.717) is 23.3 Å². The lowest BCUT2D eigenvalue weighted by molar-refractivity contribution is -0.380. The second-order valence-electron chi connectivity index (χ2n) is 4.66. The molecule has 0 bridgehead atoms. The Balaban J connectivity index is 1.73. The Hall–Kier alpha value is -2.81. The number of rotatable bonds is 7. The number of thiophene rings is 1. The van der Waals surface area contributed by atoms with E-state index in [9.17, 15) is 24.1 Å². The standard InChI is InChI=1S/C15H13FN2O5S/c16-11-4-2-1-3-10(11)7-8-17-13(19)9-23-15(20)12-5-6-14(24-12)18(21)22/h1-6H,7-9H2,(H,17,19). The van der Waals surface area contributed by atoms with Crippen molar-refractivity contribution in [2.75, 3.05) is 13.2 Å². The van der Waals surface area contributed by atoms with Gasteiger partial charge in [0.15, 0.2) is 6.61 Å². The minimum absolute atomic E-state index is 0.0425. The average Bonchev–Trinajstić information content (AvgIpc) is 3.05. The van der Waals surface area contributed by atoms with Gasteiger partial charge in [0, 0.05) is 12.6 Å². The van der Waals surface area contributed by atoms with Gasteiger partial charge in [-0.25, -0.2) is 9.18 Å². The third kappa shape index (κ3) is 4.85. The number of hydrogen-bond acceptors (Lipinski definition) is 6. The van der Waals surface area contributed by atoms with Crippen molar-refractivity contribution < 1.29 is 23.6 Å². The molecule has 0 unspecified atom stereocenters. The first kappa shape index (κ1) is 17.5. The number of carbonyl (C=O) groups excluding carboxylic acids is 2. The predicted molar refractivity (Wildman–Crippen MR) is 84.4 cm³/mol. The molecule has 1 aromatic heterocycles. The van der Waals surface area contributed by atoms with E-state index in [1.807, 2.05) is 0 Å². The summed E-state index contributed by atoms with van der Waals surface area (Å²) in [6, 6.07) is 8.68. The molecule has 1 heterocycles. The summed E-state index contributed by atoms with van der Waals surface area (Å²) in [4.78, 5) is 33.2. The maximum Gasteiger partial charge on any atom is 0.349 e. The van der Waals surface area contributed by atoms with Gasteiger partial charge in [0.2, 0.25) is 0 Å². The van der Waals surface area contributed by atoms with Gasteiger partial charge in [-0.1, -0.05) is 29.5 Å². The van der Waals surface area contributed by atoms with Crippen molar-refractivity contribution in [2.45, 2.75) is 6.42 Å². The maximum atomic E-state index is 13.4. The van der Waals surface area contributed by atoms with Crippen LogP contribution in [-0.4, -0.2) is 30.0 Å². The highest BCUT2D eigenvalue weighted by molar-refractivity contribution is 7.17. The number of benzene rings is 1. The largest absolute Gasteiger partial charge is 0.451 e. The van der Waals surface area contributed by atoms with Gasteiger partial charge in [-0.3, -0.25) is 14.9 Å². The molecule has 1 amide bonds. The van der Waals surface area contributed by atoms with E-state index in [0.717, 1.165) is 0 Å². The highest BCUT2D eigenvalue weighted by atomic mass is 32.1. The Morgan fingerprint density at radius 3 is 2.67 bits per heavy atom. The summed E-state index contributed by atoms with van der Waals surface area (Å²) in [5.74, 6) is -1.69. The Morgan fingerprint density at radius 1 is 1.25 bits per heavy atom. The van der Waals surface area contributed by atoms with Gasteiger partial charge in [0.25, 0.3) is 5.91 Å². The molecule has 0 spiro atoms. The van der Waals surface area contributed by atoms with Gasteiger partial charge in [-0.2, -0.15) is 0 Å². The molecule has 2 rings (SSSR count). The fourth-order valence-electron chi connectivity index (χ4n) is 1.83. The zero-order valence-electron chi connectivity index (χ0n) is 12.4. The Labute approximate surface area is 140 Å². The van der Waals surface area contributed by atoms with Gasteiger partial charge in [0.05, 0.1) is 4.92 Å². The summed E-state index contributed by atoms with van der Waals surface area (Å²) in [6.07, 6.45) is 0.309. The second kappa shape index (κ2) is 8.16. The van der Waals surface area contributed by atoms with Crippen LogP contribution in [0, 0.1) is 15.9 Å². The molecule has 2 aromatic rings. The quantitative estimate of drug-likeness (QED) is 0.468. The first-order chi connectivity index (χ1) is 11.5. The molecule has 9 heteroatoms. The number of amides is 1. The van der Waals surface area contributed by atoms with E-state index in [1.54, 1.807) is 18.2 Å². The van der Waals surface area contributed by atoms with E-state index >= 15 is 0 Å². The van der Waals surface area contributed by atoms with Gasteiger partial charge in [-0.05, 0) is 24.1 Å². The van der Waals surface area contributed by atoms with E-state index in [-0.39, 0.29) is 22.2 Å². The highest BCUT2D eigenvalue weighted by Crippen LogP contribution is 2.24. The molecule has 126 valence electrons. The summed E-state index contributed by atoms with van der Waals surface area (Å²) in [6.45, 7) is -0.316. The number of ether oxygens (including phenoxy) is 1. The van der Waals surface area contributed by atoms with Crippen molar-refractivity contribution in [1.82, 2.24) is 5.32 Å². The first-order valence-electron chi connectivity index (χ1n) is 6.89. The lowest BCUT2D eigenvalue weighted by Gasteiger charge is -2.06. The Bertz CT molecular complexity index is 762. The van der Waals surface area contributed by atoms with Crippen molar-refractivity contribution in [3.63, 3.8) is 0 Å². The summed E-state index contributed by atoms with van der Waals surface area (Å²) >= 11 is 0.670. The van der Waals surface area contributed by atoms with Gasteiger partial charge in [0.1, 0.15) is 10.7 Å².